The Morgan fingerprint density at radius 2 is 1.81 bits per heavy atom. The Labute approximate surface area is 186 Å². The molecule has 1 amide bonds. The summed E-state index contributed by atoms with van der Waals surface area (Å²) in [4.78, 5) is 16.9. The van der Waals surface area contributed by atoms with Gasteiger partial charge in [-0.25, -0.2) is 0 Å². The molecule has 2 aliphatic rings. The second-order valence-corrected chi connectivity index (χ2v) is 9.08. The normalized spacial score (nSPS) is 17.5. The third-order valence-electron chi connectivity index (χ3n) is 6.14. The lowest BCUT2D eigenvalue weighted by molar-refractivity contribution is 0.0925. The number of carbonyl (C=O) groups is 1. The number of benzene rings is 2. The first-order valence-electron chi connectivity index (χ1n) is 10.7. The molecule has 0 bridgehead atoms. The first-order chi connectivity index (χ1) is 15.2. The molecule has 2 aromatic carbocycles. The molecule has 31 heavy (non-hydrogen) atoms. The minimum atomic E-state index is -0.214. The molecule has 3 aromatic rings. The number of amides is 1. The monoisotopic (exact) mass is 434 g/mol. The topological polar surface area (TPSA) is 50.8 Å². The molecule has 0 saturated heterocycles. The van der Waals surface area contributed by atoms with Crippen LogP contribution in [-0.4, -0.2) is 20.1 Å². The molecule has 1 aromatic heterocycles. The van der Waals surface area contributed by atoms with Crippen molar-refractivity contribution in [2.45, 2.75) is 38.4 Å². The third kappa shape index (κ3) is 3.55. The predicted molar refractivity (Wildman–Crippen MR) is 123 cm³/mol. The predicted octanol–water partition coefficient (Wildman–Crippen LogP) is 5.09. The van der Waals surface area contributed by atoms with E-state index >= 15 is 0 Å². The largest absolute Gasteiger partial charge is 0.493 e. The van der Waals surface area contributed by atoms with Crippen LogP contribution in [0.2, 0.25) is 0 Å². The summed E-state index contributed by atoms with van der Waals surface area (Å²) in [5.74, 6) is 1.47. The van der Waals surface area contributed by atoms with Gasteiger partial charge in [0, 0.05) is 11.4 Å². The SMILES string of the molecule is COc1ccc(CN2c3sc4c(c3C(=O)NC2c2ccccc2)CCCC4)cc1OC. The van der Waals surface area contributed by atoms with Crippen molar-refractivity contribution in [3.05, 3.63) is 75.7 Å². The molecule has 1 aliphatic carbocycles. The molecule has 1 atom stereocenters. The number of aryl methyl sites for hydroxylation is 1. The van der Waals surface area contributed by atoms with E-state index in [4.69, 9.17) is 9.47 Å². The highest BCUT2D eigenvalue weighted by Crippen LogP contribution is 2.45. The zero-order chi connectivity index (χ0) is 21.4. The maximum atomic E-state index is 13.2. The average molecular weight is 435 g/mol. The van der Waals surface area contributed by atoms with Gasteiger partial charge >= 0.3 is 0 Å². The molecule has 1 unspecified atom stereocenters. The van der Waals surface area contributed by atoms with E-state index in [1.807, 2.05) is 30.3 Å². The van der Waals surface area contributed by atoms with Crippen LogP contribution in [0.1, 0.15) is 50.9 Å². The quantitative estimate of drug-likeness (QED) is 0.608. The van der Waals surface area contributed by atoms with Gasteiger partial charge < -0.3 is 19.7 Å². The zero-order valence-corrected chi connectivity index (χ0v) is 18.6. The van der Waals surface area contributed by atoms with Crippen LogP contribution in [0, 0.1) is 0 Å². The minimum absolute atomic E-state index is 0.0480. The Hall–Kier alpha value is -2.99. The second kappa shape index (κ2) is 8.27. The first kappa shape index (κ1) is 19.9. The van der Waals surface area contributed by atoms with Crippen molar-refractivity contribution < 1.29 is 14.3 Å². The number of ether oxygens (including phenoxy) is 2. The van der Waals surface area contributed by atoms with Crippen LogP contribution in [0.25, 0.3) is 0 Å². The second-order valence-electron chi connectivity index (χ2n) is 7.99. The Morgan fingerprint density at radius 1 is 1.03 bits per heavy atom. The van der Waals surface area contributed by atoms with E-state index in [1.165, 1.54) is 16.9 Å². The van der Waals surface area contributed by atoms with E-state index < -0.39 is 0 Å². The molecule has 0 saturated carbocycles. The van der Waals surface area contributed by atoms with Crippen LogP contribution in [0.3, 0.4) is 0 Å². The Balaban J connectivity index is 1.60. The molecule has 6 heteroatoms. The van der Waals surface area contributed by atoms with Crippen LogP contribution >= 0.6 is 11.3 Å². The summed E-state index contributed by atoms with van der Waals surface area (Å²) in [6.45, 7) is 0.659. The Bertz CT molecular complexity index is 1110. The highest BCUT2D eigenvalue weighted by atomic mass is 32.1. The number of hydrogen-bond donors (Lipinski definition) is 1. The lowest BCUT2D eigenvalue weighted by Crippen LogP contribution is -2.45. The molecule has 5 nitrogen and oxygen atoms in total. The summed E-state index contributed by atoms with van der Waals surface area (Å²) >= 11 is 1.79. The van der Waals surface area contributed by atoms with Gasteiger partial charge in [0.1, 0.15) is 11.2 Å². The number of carbonyl (C=O) groups excluding carboxylic acids is 1. The highest BCUT2D eigenvalue weighted by molar-refractivity contribution is 7.16. The van der Waals surface area contributed by atoms with Crippen LogP contribution in [0.4, 0.5) is 5.00 Å². The molecule has 1 aliphatic heterocycles. The minimum Gasteiger partial charge on any atom is -0.493 e. The fourth-order valence-corrected chi connectivity index (χ4v) is 6.03. The van der Waals surface area contributed by atoms with Crippen LogP contribution in [-0.2, 0) is 19.4 Å². The first-order valence-corrected chi connectivity index (χ1v) is 11.5. The summed E-state index contributed by atoms with van der Waals surface area (Å²) in [6, 6.07) is 16.2. The standard InChI is InChI=1S/C25H26N2O3S/c1-29-19-13-12-16(14-20(19)30-2)15-27-23(17-8-4-3-5-9-17)26-24(28)22-18-10-6-7-11-21(18)31-25(22)27/h3-5,8-9,12-14,23H,6-7,10-11,15H2,1-2H3,(H,26,28). The number of fused-ring (bicyclic) bond motifs is 3. The average Bonchev–Trinajstić information content (AvgIpc) is 3.21. The van der Waals surface area contributed by atoms with Crippen LogP contribution in [0.15, 0.2) is 48.5 Å². The number of rotatable bonds is 5. The fourth-order valence-electron chi connectivity index (χ4n) is 4.62. The van der Waals surface area contributed by atoms with E-state index in [2.05, 4.69) is 28.4 Å². The number of methoxy groups -OCH3 is 2. The summed E-state index contributed by atoms with van der Waals surface area (Å²) in [7, 11) is 3.30. The van der Waals surface area contributed by atoms with E-state index in [1.54, 1.807) is 25.6 Å². The smallest absolute Gasteiger partial charge is 0.256 e. The van der Waals surface area contributed by atoms with Crippen molar-refractivity contribution in [3.63, 3.8) is 0 Å². The molecule has 0 fully saturated rings. The van der Waals surface area contributed by atoms with Crippen molar-refractivity contribution in [2.24, 2.45) is 0 Å². The molecule has 5 rings (SSSR count). The number of nitrogens with zero attached hydrogens (tertiary/aromatic N) is 1. The maximum Gasteiger partial charge on any atom is 0.256 e. The Kier molecular flexibility index (Phi) is 5.32. The molecule has 2 heterocycles. The van der Waals surface area contributed by atoms with Gasteiger partial charge in [-0.2, -0.15) is 0 Å². The highest BCUT2D eigenvalue weighted by Gasteiger charge is 2.37. The summed E-state index contributed by atoms with van der Waals surface area (Å²) in [5.41, 5.74) is 4.32. The molecule has 0 spiro atoms. The Morgan fingerprint density at radius 3 is 2.58 bits per heavy atom. The number of nitrogens with one attached hydrogen (secondary N) is 1. The van der Waals surface area contributed by atoms with Crippen LogP contribution < -0.4 is 19.7 Å². The van der Waals surface area contributed by atoms with Crippen molar-refractivity contribution in [1.29, 1.82) is 0 Å². The molecular formula is C25H26N2O3S. The van der Waals surface area contributed by atoms with Gasteiger partial charge in [-0.15, -0.1) is 11.3 Å². The van der Waals surface area contributed by atoms with Gasteiger partial charge in [0.25, 0.3) is 5.91 Å². The van der Waals surface area contributed by atoms with E-state index in [-0.39, 0.29) is 12.1 Å². The lowest BCUT2D eigenvalue weighted by atomic mass is 9.94. The third-order valence-corrected chi connectivity index (χ3v) is 7.47. The van der Waals surface area contributed by atoms with E-state index in [0.29, 0.717) is 18.0 Å². The summed E-state index contributed by atoms with van der Waals surface area (Å²) < 4.78 is 10.9. The van der Waals surface area contributed by atoms with Gasteiger partial charge in [0.2, 0.25) is 0 Å². The van der Waals surface area contributed by atoms with Crippen molar-refractivity contribution in [3.8, 4) is 11.5 Å². The van der Waals surface area contributed by atoms with Crippen molar-refractivity contribution in [2.75, 3.05) is 19.1 Å². The van der Waals surface area contributed by atoms with Crippen LogP contribution in [0.5, 0.6) is 11.5 Å². The van der Waals surface area contributed by atoms with E-state index in [0.717, 1.165) is 41.0 Å². The number of thiophene rings is 1. The van der Waals surface area contributed by atoms with E-state index in [9.17, 15) is 4.79 Å². The fraction of sp³-hybridized carbons (Fsp3) is 0.320. The van der Waals surface area contributed by atoms with Gasteiger partial charge in [0.15, 0.2) is 11.5 Å². The van der Waals surface area contributed by atoms with Crippen molar-refractivity contribution >= 4 is 22.2 Å². The molecule has 1 N–H and O–H groups in total. The number of anilines is 1. The van der Waals surface area contributed by atoms with Gasteiger partial charge in [-0.05, 0) is 54.5 Å². The lowest BCUT2D eigenvalue weighted by Gasteiger charge is -2.38. The molecule has 160 valence electrons. The molecular weight excluding hydrogens is 408 g/mol. The van der Waals surface area contributed by atoms with Gasteiger partial charge in [-0.1, -0.05) is 36.4 Å². The zero-order valence-electron chi connectivity index (χ0n) is 17.8. The summed E-state index contributed by atoms with van der Waals surface area (Å²) in [6.07, 6.45) is 4.21. The molecule has 0 radical (unpaired) electrons. The van der Waals surface area contributed by atoms with Gasteiger partial charge in [-0.3, -0.25) is 4.79 Å². The van der Waals surface area contributed by atoms with Crippen molar-refractivity contribution in [1.82, 2.24) is 5.32 Å². The van der Waals surface area contributed by atoms with Gasteiger partial charge in [0.05, 0.1) is 19.8 Å². The maximum absolute atomic E-state index is 13.2. The summed E-state index contributed by atoms with van der Waals surface area (Å²) in [5, 5.41) is 4.37. The number of hydrogen-bond acceptors (Lipinski definition) is 5.